The number of amides is 1. The predicted molar refractivity (Wildman–Crippen MR) is 318 cm³/mol. The van der Waals surface area contributed by atoms with E-state index in [4.69, 9.17) is 28.7 Å². The van der Waals surface area contributed by atoms with Crippen molar-refractivity contribution in [2.75, 3.05) is 81.8 Å². The molecule has 0 unspecified atom stereocenters. The Bertz CT molecular complexity index is 3520. The van der Waals surface area contributed by atoms with Gasteiger partial charge in [-0.3, -0.25) is 24.7 Å². The molecule has 7 heterocycles. The van der Waals surface area contributed by atoms with Gasteiger partial charge in [-0.15, -0.1) is 0 Å². The molecule has 3 aromatic carbocycles. The number of hydrogen-bond acceptors (Lipinski definition) is 18. The number of fused-ring (bicyclic) bond motifs is 3. The van der Waals surface area contributed by atoms with Gasteiger partial charge in [-0.25, -0.2) is 18.1 Å². The Hall–Kier alpha value is -7.24. The fourth-order valence-electron chi connectivity index (χ4n) is 13.9. The number of nitro groups is 1. The van der Waals surface area contributed by atoms with Crippen molar-refractivity contribution in [2.45, 2.75) is 126 Å². The third-order valence-corrected chi connectivity index (χ3v) is 19.8. The Morgan fingerprint density at radius 2 is 1.75 bits per heavy atom. The van der Waals surface area contributed by atoms with Crippen LogP contribution in [0.3, 0.4) is 0 Å². The van der Waals surface area contributed by atoms with Crippen LogP contribution in [0.15, 0.2) is 96.2 Å². The molecule has 1 spiro atoms. The van der Waals surface area contributed by atoms with E-state index in [0.29, 0.717) is 79.5 Å². The third kappa shape index (κ3) is 11.5. The number of ether oxygens (including phenoxy) is 5. The van der Waals surface area contributed by atoms with Gasteiger partial charge in [0.05, 0.1) is 65.7 Å². The number of hydrogen-bond donors (Lipinski definition) is 4. The van der Waals surface area contributed by atoms with Crippen LogP contribution in [-0.2, 0) is 21.3 Å². The number of H-pyrrole nitrogens is 1. The molecule has 446 valence electrons. The lowest BCUT2D eigenvalue weighted by Gasteiger charge is -2.58. The lowest BCUT2D eigenvalue weighted by molar-refractivity contribution is -0.384. The molecule has 4 N–H and O–H groups in total. The van der Waals surface area contributed by atoms with Crippen LogP contribution in [0, 0.1) is 21.4 Å². The molecule has 3 aromatic heterocycles. The van der Waals surface area contributed by atoms with Gasteiger partial charge < -0.3 is 48.9 Å². The molecule has 12 rings (SSSR count). The number of carbonyl (C=O) groups is 1. The van der Waals surface area contributed by atoms with Crippen LogP contribution in [0.25, 0.3) is 11.0 Å². The zero-order chi connectivity index (χ0) is 58.5. The van der Waals surface area contributed by atoms with Crippen LogP contribution in [0.4, 0.5) is 28.4 Å². The van der Waals surface area contributed by atoms with Gasteiger partial charge in [0, 0.05) is 99.1 Å². The second-order valence-electron chi connectivity index (χ2n) is 24.3. The molecule has 6 aliphatic rings. The monoisotopic (exact) mass is 1170 g/mol. The largest absolute Gasteiger partial charge is 0.491 e. The molecule has 0 radical (unpaired) electrons. The number of aromatic amines is 1. The summed E-state index contributed by atoms with van der Waals surface area (Å²) < 4.78 is 61.2. The van der Waals surface area contributed by atoms with Crippen LogP contribution >= 0.6 is 0 Å². The number of nitrogens with one attached hydrogen (secondary N) is 3. The lowest BCUT2D eigenvalue weighted by atomic mass is 9.59. The smallest absolute Gasteiger partial charge is 0.293 e. The third-order valence-electron chi connectivity index (χ3n) is 18.4. The maximum absolute atomic E-state index is 14.9. The molecule has 2 saturated carbocycles. The minimum atomic E-state index is -4.65. The highest BCUT2D eigenvalue weighted by Gasteiger charge is 2.51. The van der Waals surface area contributed by atoms with Crippen LogP contribution < -0.4 is 38.8 Å². The number of piperazine rings is 1. The molecule has 3 atom stereocenters. The molecule has 1 amide bonds. The zero-order valence-electron chi connectivity index (χ0n) is 48.4. The van der Waals surface area contributed by atoms with Crippen molar-refractivity contribution >= 4 is 55.4 Å². The number of pyridine rings is 2. The SMILES string of the molecule is COc1nccc(CN2CCN(C3CC4(CCN(c5ccc(C(=O)NS(=O)(=O)c6ccc(NC[C@H]7CC[C@](C)(O)CC7)c([N+](=O)[O-])c6)c(N6c7cc8cc[nH]c8nc7O[C@H]7COCC[C@@H]76)c5)CC4)C3)[C@@H](c3ccccc3OC(C)C)C2)c1OC. The molecule has 5 fully saturated rings. The van der Waals surface area contributed by atoms with Crippen LogP contribution in [0.2, 0.25) is 0 Å². The average Bonchev–Trinajstić information content (AvgIpc) is 1.71. The fourth-order valence-corrected chi connectivity index (χ4v) is 14.9. The second-order valence-corrected chi connectivity index (χ2v) is 26.0. The number of sulfonamides is 1. The molecule has 2 aliphatic carbocycles. The Morgan fingerprint density at radius 3 is 2.51 bits per heavy atom. The topological polar surface area (TPSA) is 239 Å². The predicted octanol–water partition coefficient (Wildman–Crippen LogP) is 9.14. The van der Waals surface area contributed by atoms with Gasteiger partial charge >= 0.3 is 0 Å². The van der Waals surface area contributed by atoms with Gasteiger partial charge in [-0.05, 0) is 144 Å². The summed E-state index contributed by atoms with van der Waals surface area (Å²) in [6.45, 7) is 11.9. The first-order valence-electron chi connectivity index (χ1n) is 29.5. The number of piperidine rings is 1. The van der Waals surface area contributed by atoms with Crippen molar-refractivity contribution in [3.63, 3.8) is 0 Å². The summed E-state index contributed by atoms with van der Waals surface area (Å²) in [5.41, 5.74) is 4.10. The molecule has 6 aromatic rings. The number of para-hydroxylation sites is 1. The molecule has 4 aliphatic heterocycles. The number of nitro benzene ring substituents is 1. The summed E-state index contributed by atoms with van der Waals surface area (Å²) in [4.78, 5) is 48.4. The summed E-state index contributed by atoms with van der Waals surface area (Å²) in [5.74, 6) is 1.68. The van der Waals surface area contributed by atoms with Crippen molar-refractivity contribution in [3.8, 4) is 23.3 Å². The molecule has 0 bridgehead atoms. The maximum atomic E-state index is 14.9. The normalized spacial score (nSPS) is 23.8. The summed E-state index contributed by atoms with van der Waals surface area (Å²) in [6.07, 6.45) is 10.5. The standard InChI is InChI=1S/C62H76N10O11S/c1-39(2)82-54-9-7-6-8-46(54)53-37-68(36-42-17-24-64-60(80-5)56(42)79-4)27-28-70(53)44-33-62(34-44)21-25-69(26-22-62)43-10-12-47(50(31-43)71-49-18-29-81-38-55(49)83-59-52(71)30-41-16-23-63-57(41)66-59)58(73)67-84(77,78)45-11-13-48(51(32-45)72(75)76)65-35-40-14-19-61(3,74)20-15-40/h6-13,16-17,23-24,30-32,39-40,44,49,53,55,65,74H,14-15,18-22,25-29,33-38H2,1-5H3,(H,63,66)(H,67,73)/t40-,49-,53+,55-,61-/m0/s1. The van der Waals surface area contributed by atoms with Gasteiger partial charge in [-0.1, -0.05) is 18.2 Å². The molecular formula is C62H76N10O11S. The Morgan fingerprint density at radius 1 is 0.952 bits per heavy atom. The van der Waals surface area contributed by atoms with Crippen molar-refractivity contribution in [1.29, 1.82) is 0 Å². The highest BCUT2D eigenvalue weighted by atomic mass is 32.2. The summed E-state index contributed by atoms with van der Waals surface area (Å²) in [5, 5.41) is 26.9. The molecule has 84 heavy (non-hydrogen) atoms. The number of anilines is 4. The van der Waals surface area contributed by atoms with Gasteiger partial charge in [0.1, 0.15) is 28.9 Å². The number of aromatic nitrogens is 3. The number of aliphatic hydroxyl groups is 1. The van der Waals surface area contributed by atoms with E-state index in [1.165, 1.54) is 17.7 Å². The number of carbonyl (C=O) groups excluding carboxylic acids is 1. The van der Waals surface area contributed by atoms with E-state index >= 15 is 0 Å². The van der Waals surface area contributed by atoms with E-state index in [0.717, 1.165) is 99.7 Å². The van der Waals surface area contributed by atoms with Crippen molar-refractivity contribution < 1.29 is 46.9 Å². The Kier molecular flexibility index (Phi) is 15.9. The van der Waals surface area contributed by atoms with E-state index in [1.807, 2.05) is 43.3 Å². The van der Waals surface area contributed by atoms with E-state index in [9.17, 15) is 28.4 Å². The van der Waals surface area contributed by atoms with Crippen molar-refractivity contribution in [1.82, 2.24) is 29.5 Å². The zero-order valence-corrected chi connectivity index (χ0v) is 49.2. The fraction of sp³-hybridized carbons (Fsp3) is 0.500. The number of methoxy groups -OCH3 is 2. The van der Waals surface area contributed by atoms with E-state index in [-0.39, 0.29) is 47.4 Å². The second kappa shape index (κ2) is 23.3. The quantitative estimate of drug-likeness (QED) is 0.0492. The first-order valence-corrected chi connectivity index (χ1v) is 31.0. The average molecular weight is 1170 g/mol. The number of nitrogens with zero attached hydrogens (tertiary/aromatic N) is 7. The van der Waals surface area contributed by atoms with Crippen LogP contribution in [-0.4, -0.2) is 146 Å². The highest BCUT2D eigenvalue weighted by Crippen LogP contribution is 2.54. The van der Waals surface area contributed by atoms with E-state index < -0.39 is 43.1 Å². The summed E-state index contributed by atoms with van der Waals surface area (Å²) in [6, 6.07) is 23.7. The number of benzene rings is 3. The van der Waals surface area contributed by atoms with Crippen LogP contribution in [0.5, 0.6) is 23.3 Å². The molecular weight excluding hydrogens is 1090 g/mol. The summed E-state index contributed by atoms with van der Waals surface area (Å²) >= 11 is 0. The minimum absolute atomic E-state index is 0.0189. The first kappa shape index (κ1) is 57.2. The van der Waals surface area contributed by atoms with Gasteiger partial charge in [0.15, 0.2) is 5.75 Å². The molecule has 22 heteroatoms. The summed E-state index contributed by atoms with van der Waals surface area (Å²) in [7, 11) is -1.39. The Balaban J connectivity index is 0.800. The Labute approximate surface area is 490 Å². The van der Waals surface area contributed by atoms with Crippen molar-refractivity contribution in [3.05, 3.63) is 118 Å². The molecule has 21 nitrogen and oxygen atoms in total. The minimum Gasteiger partial charge on any atom is -0.491 e. The molecule has 3 saturated heterocycles. The lowest BCUT2D eigenvalue weighted by Crippen LogP contribution is -2.59. The van der Waals surface area contributed by atoms with Gasteiger partial charge in [-0.2, -0.15) is 4.98 Å². The van der Waals surface area contributed by atoms with Gasteiger partial charge in [0.25, 0.3) is 27.5 Å². The number of rotatable bonds is 17. The van der Waals surface area contributed by atoms with E-state index in [1.54, 1.807) is 32.7 Å². The van der Waals surface area contributed by atoms with Gasteiger partial charge in [0.2, 0.25) is 5.88 Å². The van der Waals surface area contributed by atoms with E-state index in [2.05, 4.69) is 71.7 Å². The first-order chi connectivity index (χ1) is 40.5. The highest BCUT2D eigenvalue weighted by molar-refractivity contribution is 7.90. The van der Waals surface area contributed by atoms with Crippen LogP contribution in [0.1, 0.15) is 106 Å². The maximum Gasteiger partial charge on any atom is 0.293 e. The van der Waals surface area contributed by atoms with Crippen molar-refractivity contribution in [2.24, 2.45) is 11.3 Å².